The molecule has 1 N–H and O–H groups in total. The quantitative estimate of drug-likeness (QED) is 0.177. The molecule has 0 saturated carbocycles. The third kappa shape index (κ3) is 9.47. The molecule has 11 heteroatoms. The van der Waals surface area contributed by atoms with Gasteiger partial charge in [0.1, 0.15) is 17.2 Å². The molecule has 0 aliphatic carbocycles. The third-order valence-corrected chi connectivity index (χ3v) is 37.7. The van der Waals surface area contributed by atoms with E-state index in [1.807, 2.05) is 0 Å². The summed E-state index contributed by atoms with van der Waals surface area (Å²) in [5.74, 6) is 1.57. The van der Waals surface area contributed by atoms with Gasteiger partial charge >= 0.3 is 0 Å². The molecule has 2 fully saturated rings. The first-order valence-corrected chi connectivity index (χ1v) is 46.5. The fourth-order valence-corrected chi connectivity index (χ4v) is 27.2. The number of ether oxygens (including phenoxy) is 2. The van der Waals surface area contributed by atoms with E-state index in [9.17, 15) is 0 Å². The van der Waals surface area contributed by atoms with E-state index in [1.165, 1.54) is 287 Å². The number of benzene rings is 9. The van der Waals surface area contributed by atoms with Crippen molar-refractivity contribution in [2.75, 3.05) is 27.7 Å². The minimum Gasteiger partial charge on any atom is -0.355 e. The van der Waals surface area contributed by atoms with Gasteiger partial charge in [-0.3, -0.25) is 14.7 Å². The summed E-state index contributed by atoms with van der Waals surface area (Å²) in [5, 5.41) is 17.4. The Hall–Kier alpha value is -8.42. The average Bonchev–Trinajstić information content (AvgIpc) is 1.48. The molecule has 6 aliphatic rings. The summed E-state index contributed by atoms with van der Waals surface area (Å²) < 4.78 is 27.9. The predicted molar refractivity (Wildman–Crippen MR) is 522 cm³/mol. The van der Waals surface area contributed by atoms with Crippen molar-refractivity contribution >= 4 is 131 Å². The molecule has 13 atom stereocenters. The second kappa shape index (κ2) is 26.4. The first-order chi connectivity index (χ1) is 57.0. The summed E-state index contributed by atoms with van der Waals surface area (Å²) in [7, 11) is 11.6. The number of hydrogen-bond acceptors (Lipinski definition) is 5. The van der Waals surface area contributed by atoms with Crippen molar-refractivity contribution in [3.63, 3.8) is 0 Å². The number of nitrogens with zero attached hydrogens (tertiary/aromatic N) is 8. The minimum absolute atomic E-state index is 0.313. The van der Waals surface area contributed by atoms with Crippen molar-refractivity contribution in [3.05, 3.63) is 167 Å². The summed E-state index contributed by atoms with van der Waals surface area (Å²) in [6, 6.07) is 2.02. The standard InChI is InChI=1S/C39H49N3O.C39H51N3O.C33H41N3/c1-16-18(3)22(7)34-28(20(16)5)32-30-26(11)40(15)27(12)31(30)33-29-21(6)17(2)19(4)23(8)35(29)42-37(33)36(32)41(34)38(13)24(9)25(10)39(42,14)43-38;1-17-15-18(2)39(13,43-16-17)42-37-26(10)22(6)20(4)24(8)30(37)34-32-28(12)41(14)27(11)31(32)33-29-23(7)19(3)21(5)25(9)35(29)40-36(33)38(34)42;1-14-16(3)20(7)30-24(18(14)5)28-26-22(9)34(11)23(10)27(26)29-25-19(6)15(2)17(4)21(8)31(25)36(13)33(29)32(28)35(30)12/h24-27H,1-15H3;17-18,27-28,40H,15-16H2,1-14H3;22-23H,1-13H3. The number of fused-ring (bicyclic) bond motifs is 33. The molecule has 0 radical (unpaired) electrons. The molecule has 0 amide bonds. The molecule has 2 bridgehead atoms. The summed E-state index contributed by atoms with van der Waals surface area (Å²) >= 11 is 0. The van der Waals surface area contributed by atoms with Gasteiger partial charge in [-0.25, -0.2) is 0 Å². The Morgan fingerprint density at radius 3 is 0.803 bits per heavy atom. The van der Waals surface area contributed by atoms with E-state index in [0.717, 1.165) is 13.0 Å². The van der Waals surface area contributed by atoms with Gasteiger partial charge in [0.05, 0.1) is 72.8 Å². The smallest absolute Gasteiger partial charge is 0.148 e. The lowest BCUT2D eigenvalue weighted by Gasteiger charge is -2.44. The normalized spacial score (nSPS) is 25.5. The van der Waals surface area contributed by atoms with Crippen LogP contribution in [0.2, 0.25) is 0 Å². The van der Waals surface area contributed by atoms with E-state index in [-0.39, 0.29) is 0 Å². The summed E-state index contributed by atoms with van der Waals surface area (Å²) in [5.41, 5.74) is 58.1. The monoisotopic (exact) mass is 1630 g/mol. The molecular formula is C111H141N9O2. The molecule has 12 heterocycles. The maximum Gasteiger partial charge on any atom is 0.148 e. The SMILES string of the molecule is Cc1c(C)c(C)c2c([nH]c3c2c2c(c4c5c(C)c(C)c(C)c(C)c5n(C5(C)OCC(C)CC5C)c34)C(C)N(C)C2C)c1C.Cc1c(C)c(C)c2c(c1C)c1c3c(c4c5c(C)c(C)c(C)c(C)c5n(C)c4c1n2C)C(C)N(C)C3C.Cc1c(C)c(C)c2c(c1C)c1c3c(c4c5c(C)c(C)c(C)c(C)c5n5c4c1n2C1(C)OC5(C)C(C)C1C)C(C)N(C)C3C. The van der Waals surface area contributed by atoms with Crippen LogP contribution in [-0.4, -0.2) is 70.3 Å². The van der Waals surface area contributed by atoms with Gasteiger partial charge in [0.2, 0.25) is 0 Å². The molecular weight excluding hydrogens is 1490 g/mol. The van der Waals surface area contributed by atoms with Gasteiger partial charge < -0.3 is 37.3 Å². The highest BCUT2D eigenvalue weighted by Gasteiger charge is 2.61. The van der Waals surface area contributed by atoms with E-state index in [0.29, 0.717) is 59.9 Å². The number of aromatic nitrogens is 6. The van der Waals surface area contributed by atoms with Crippen molar-refractivity contribution in [1.82, 2.24) is 42.5 Å². The maximum atomic E-state index is 7.67. The lowest BCUT2D eigenvalue weighted by molar-refractivity contribution is -0.173. The Bertz CT molecular complexity index is 7110. The van der Waals surface area contributed by atoms with Crippen LogP contribution in [0.3, 0.4) is 0 Å². The summed E-state index contributed by atoms with van der Waals surface area (Å²) in [4.78, 5) is 11.9. The number of aromatic amines is 1. The van der Waals surface area contributed by atoms with Crippen LogP contribution in [0, 0.1) is 190 Å². The first kappa shape index (κ1) is 83.1. The van der Waals surface area contributed by atoms with Crippen LogP contribution in [-0.2, 0) is 40.7 Å². The van der Waals surface area contributed by atoms with Gasteiger partial charge in [0, 0.05) is 133 Å². The molecule has 11 nitrogen and oxygen atoms in total. The second-order valence-electron chi connectivity index (χ2n) is 41.9. The zero-order chi connectivity index (χ0) is 88.6. The van der Waals surface area contributed by atoms with E-state index in [2.05, 4.69) is 334 Å². The molecule has 6 aromatic heterocycles. The zero-order valence-corrected chi connectivity index (χ0v) is 82.6. The van der Waals surface area contributed by atoms with E-state index in [1.54, 1.807) is 11.1 Å². The largest absolute Gasteiger partial charge is 0.355 e. The summed E-state index contributed by atoms with van der Waals surface area (Å²) in [6.45, 7) is 87.9. The topological polar surface area (TPSA) is 68.6 Å². The number of hydrogen-bond donors (Lipinski definition) is 1. The molecule has 6 aliphatic heterocycles. The molecule has 0 spiro atoms. The Labute approximate surface area is 726 Å². The molecule has 9 aromatic carbocycles. The molecule has 21 rings (SSSR count). The molecule has 15 aromatic rings. The lowest BCUT2D eigenvalue weighted by Crippen LogP contribution is -2.45. The highest BCUT2D eigenvalue weighted by molar-refractivity contribution is 6.31. The number of rotatable bonds is 1. The van der Waals surface area contributed by atoms with Gasteiger partial charge in [0.25, 0.3) is 0 Å². The van der Waals surface area contributed by atoms with Crippen LogP contribution < -0.4 is 0 Å². The van der Waals surface area contributed by atoms with Crippen LogP contribution in [0.15, 0.2) is 0 Å². The molecule has 13 unspecified atom stereocenters. The van der Waals surface area contributed by atoms with Crippen LogP contribution in [0.1, 0.15) is 300 Å². The van der Waals surface area contributed by atoms with Crippen LogP contribution in [0.25, 0.3) is 131 Å². The average molecular weight is 1630 g/mol. The lowest BCUT2D eigenvalue weighted by atomic mass is 9.83. The fraction of sp³-hybridized carbons (Fsp3) is 0.514. The van der Waals surface area contributed by atoms with Gasteiger partial charge in [0.15, 0.2) is 0 Å². The van der Waals surface area contributed by atoms with Crippen LogP contribution >= 0.6 is 0 Å². The molecule has 2 saturated heterocycles. The van der Waals surface area contributed by atoms with Crippen molar-refractivity contribution < 1.29 is 9.47 Å². The number of nitrogens with one attached hydrogen (secondary N) is 1. The molecule has 642 valence electrons. The fourth-order valence-electron chi connectivity index (χ4n) is 27.2. The highest BCUT2D eigenvalue weighted by atomic mass is 16.6. The third-order valence-electron chi connectivity index (χ3n) is 37.7. The van der Waals surface area contributed by atoms with Crippen molar-refractivity contribution in [3.8, 4) is 0 Å². The Morgan fingerprint density at radius 1 is 0.246 bits per heavy atom. The second-order valence-corrected chi connectivity index (χ2v) is 41.9. The van der Waals surface area contributed by atoms with Crippen molar-refractivity contribution in [2.24, 2.45) is 37.8 Å². The van der Waals surface area contributed by atoms with Crippen molar-refractivity contribution in [1.29, 1.82) is 0 Å². The van der Waals surface area contributed by atoms with Gasteiger partial charge in [-0.2, -0.15) is 0 Å². The Morgan fingerprint density at radius 2 is 0.492 bits per heavy atom. The minimum atomic E-state index is -0.484. The van der Waals surface area contributed by atoms with Gasteiger partial charge in [-0.1, -0.05) is 27.7 Å². The van der Waals surface area contributed by atoms with Crippen LogP contribution in [0.5, 0.6) is 0 Å². The molecule has 122 heavy (non-hydrogen) atoms. The van der Waals surface area contributed by atoms with Crippen LogP contribution in [0.4, 0.5) is 0 Å². The summed E-state index contributed by atoms with van der Waals surface area (Å²) in [6.07, 6.45) is 1.16. The van der Waals surface area contributed by atoms with Gasteiger partial charge in [-0.15, -0.1) is 0 Å². The Balaban J connectivity index is 0.000000121. The number of aryl methyl sites for hydroxylation is 14. The zero-order valence-electron chi connectivity index (χ0n) is 82.6. The predicted octanol–water partition coefficient (Wildman–Crippen LogP) is 28.9. The maximum absolute atomic E-state index is 7.67. The van der Waals surface area contributed by atoms with E-state index in [4.69, 9.17) is 9.47 Å². The highest BCUT2D eigenvalue weighted by Crippen LogP contribution is 2.65. The van der Waals surface area contributed by atoms with Crippen molar-refractivity contribution in [2.45, 2.75) is 316 Å². The number of H-pyrrole nitrogens is 1. The van der Waals surface area contributed by atoms with E-state index < -0.39 is 17.2 Å². The Kier molecular flexibility index (Phi) is 18.0. The first-order valence-electron chi connectivity index (χ1n) is 46.5. The van der Waals surface area contributed by atoms with Gasteiger partial charge in [-0.05, 0) is 429 Å². The van der Waals surface area contributed by atoms with E-state index >= 15 is 0 Å².